The summed E-state index contributed by atoms with van der Waals surface area (Å²) in [4.78, 5) is 15.3. The molecule has 0 aliphatic rings. The number of benzene rings is 1. The number of rotatable bonds is 3. The molecule has 6 heteroatoms. The number of hydrogen-bond donors (Lipinski definition) is 0. The first-order valence-corrected chi connectivity index (χ1v) is 5.92. The van der Waals surface area contributed by atoms with Crippen LogP contribution in [0.15, 0.2) is 29.6 Å². The molecule has 0 N–H and O–H groups in total. The monoisotopic (exact) mass is 269 g/mol. The van der Waals surface area contributed by atoms with Gasteiger partial charge in [0, 0.05) is 16.5 Å². The number of halogens is 2. The summed E-state index contributed by atoms with van der Waals surface area (Å²) < 4.78 is 29.3. The van der Waals surface area contributed by atoms with Gasteiger partial charge < -0.3 is 4.74 Å². The number of thiazole rings is 1. The van der Waals surface area contributed by atoms with E-state index >= 15 is 0 Å². The zero-order valence-corrected chi connectivity index (χ0v) is 10.2. The number of carbonyl (C=O) groups excluding carboxylic acids is 1. The second kappa shape index (κ2) is 5.22. The SMILES string of the molecule is COC(=O)c1csc(-c2ccc(C(F)F)cc2)n1. The maximum atomic E-state index is 12.4. The van der Waals surface area contributed by atoms with Gasteiger partial charge in [-0.15, -0.1) is 11.3 Å². The molecule has 0 saturated heterocycles. The minimum atomic E-state index is -2.49. The first kappa shape index (κ1) is 12.6. The van der Waals surface area contributed by atoms with Gasteiger partial charge in [-0.2, -0.15) is 0 Å². The van der Waals surface area contributed by atoms with Gasteiger partial charge in [-0.1, -0.05) is 24.3 Å². The zero-order chi connectivity index (χ0) is 13.1. The number of alkyl halides is 2. The smallest absolute Gasteiger partial charge is 0.357 e. The number of aromatic nitrogens is 1. The largest absolute Gasteiger partial charge is 0.464 e. The topological polar surface area (TPSA) is 39.2 Å². The lowest BCUT2D eigenvalue weighted by atomic mass is 10.1. The number of hydrogen-bond acceptors (Lipinski definition) is 4. The predicted octanol–water partition coefficient (Wildman–Crippen LogP) is 3.53. The molecule has 0 saturated carbocycles. The van der Waals surface area contributed by atoms with E-state index in [1.54, 1.807) is 17.5 Å². The molecular weight excluding hydrogens is 260 g/mol. The van der Waals surface area contributed by atoms with Crippen LogP contribution in [0.5, 0.6) is 0 Å². The Bertz CT molecular complexity index is 551. The van der Waals surface area contributed by atoms with Crippen molar-refractivity contribution in [1.29, 1.82) is 0 Å². The highest BCUT2D eigenvalue weighted by Crippen LogP contribution is 2.26. The Kier molecular flexibility index (Phi) is 3.66. The first-order valence-electron chi connectivity index (χ1n) is 5.04. The standard InChI is InChI=1S/C12H9F2NO2S/c1-17-12(16)9-6-18-11(15-9)8-4-2-7(3-5-8)10(13)14/h2-6,10H,1H3. The van der Waals surface area contributed by atoms with Crippen molar-refractivity contribution in [3.63, 3.8) is 0 Å². The van der Waals surface area contributed by atoms with Crippen LogP contribution in [0, 0.1) is 0 Å². The van der Waals surface area contributed by atoms with Gasteiger partial charge >= 0.3 is 5.97 Å². The van der Waals surface area contributed by atoms with Crippen LogP contribution in [0.2, 0.25) is 0 Å². The molecule has 3 nitrogen and oxygen atoms in total. The van der Waals surface area contributed by atoms with Crippen LogP contribution in [-0.2, 0) is 4.74 Å². The van der Waals surface area contributed by atoms with E-state index in [4.69, 9.17) is 0 Å². The van der Waals surface area contributed by atoms with Crippen molar-refractivity contribution in [3.05, 3.63) is 40.9 Å². The van der Waals surface area contributed by atoms with Gasteiger partial charge in [0.1, 0.15) is 5.01 Å². The number of methoxy groups -OCH3 is 1. The molecule has 2 rings (SSSR count). The summed E-state index contributed by atoms with van der Waals surface area (Å²) in [5.41, 5.74) is 0.874. The third-order valence-corrected chi connectivity index (χ3v) is 3.20. The van der Waals surface area contributed by atoms with E-state index < -0.39 is 12.4 Å². The predicted molar refractivity (Wildman–Crippen MR) is 63.8 cm³/mol. The second-order valence-corrected chi connectivity index (χ2v) is 4.31. The lowest BCUT2D eigenvalue weighted by molar-refractivity contribution is 0.0595. The molecule has 0 aliphatic heterocycles. The third kappa shape index (κ3) is 2.53. The Labute approximate surface area is 106 Å². The first-order chi connectivity index (χ1) is 8.61. The van der Waals surface area contributed by atoms with Gasteiger partial charge in [-0.25, -0.2) is 18.6 Å². The average molecular weight is 269 g/mol. The molecule has 1 heterocycles. The van der Waals surface area contributed by atoms with Crippen LogP contribution in [0.25, 0.3) is 10.6 Å². The van der Waals surface area contributed by atoms with E-state index in [1.165, 1.54) is 30.6 Å². The van der Waals surface area contributed by atoms with Crippen LogP contribution in [0.4, 0.5) is 8.78 Å². The molecule has 2 aromatic rings. The fraction of sp³-hybridized carbons (Fsp3) is 0.167. The van der Waals surface area contributed by atoms with E-state index in [9.17, 15) is 13.6 Å². The molecule has 1 aromatic heterocycles. The Hall–Kier alpha value is -1.82. The van der Waals surface area contributed by atoms with Crippen LogP contribution >= 0.6 is 11.3 Å². The molecule has 0 fully saturated rings. The summed E-state index contributed by atoms with van der Waals surface area (Å²) >= 11 is 1.26. The van der Waals surface area contributed by atoms with Gasteiger partial charge in [0.2, 0.25) is 0 Å². The van der Waals surface area contributed by atoms with Gasteiger partial charge in [-0.05, 0) is 0 Å². The Morgan fingerprint density at radius 2 is 2.00 bits per heavy atom. The Morgan fingerprint density at radius 3 is 2.56 bits per heavy atom. The maximum Gasteiger partial charge on any atom is 0.357 e. The van der Waals surface area contributed by atoms with Crippen molar-refractivity contribution < 1.29 is 18.3 Å². The van der Waals surface area contributed by atoms with E-state index in [2.05, 4.69) is 9.72 Å². The quantitative estimate of drug-likeness (QED) is 0.800. The lowest BCUT2D eigenvalue weighted by Crippen LogP contribution is -2.00. The van der Waals surface area contributed by atoms with E-state index in [0.29, 0.717) is 10.6 Å². The molecule has 0 unspecified atom stereocenters. The van der Waals surface area contributed by atoms with Crippen molar-refractivity contribution in [2.45, 2.75) is 6.43 Å². The molecule has 0 spiro atoms. The summed E-state index contributed by atoms with van der Waals surface area (Å²) in [7, 11) is 1.28. The van der Waals surface area contributed by atoms with E-state index in [-0.39, 0.29) is 11.3 Å². The molecule has 0 atom stereocenters. The summed E-state index contributed by atoms with van der Waals surface area (Å²) in [5, 5.41) is 2.17. The minimum Gasteiger partial charge on any atom is -0.464 e. The zero-order valence-electron chi connectivity index (χ0n) is 9.39. The van der Waals surface area contributed by atoms with Crippen LogP contribution < -0.4 is 0 Å². The number of esters is 1. The lowest BCUT2D eigenvalue weighted by Gasteiger charge is -2.00. The summed E-state index contributed by atoms with van der Waals surface area (Å²) in [6.07, 6.45) is -2.49. The third-order valence-electron chi connectivity index (χ3n) is 2.31. The number of ether oxygens (including phenoxy) is 1. The molecule has 18 heavy (non-hydrogen) atoms. The summed E-state index contributed by atoms with van der Waals surface area (Å²) in [5.74, 6) is -0.512. The Morgan fingerprint density at radius 1 is 1.33 bits per heavy atom. The highest BCUT2D eigenvalue weighted by molar-refractivity contribution is 7.13. The molecule has 0 amide bonds. The average Bonchev–Trinajstić information content (AvgIpc) is 2.87. The molecule has 1 aromatic carbocycles. The molecule has 0 bridgehead atoms. The minimum absolute atomic E-state index is 0.0384. The normalized spacial score (nSPS) is 10.7. The highest BCUT2D eigenvalue weighted by atomic mass is 32.1. The second-order valence-electron chi connectivity index (χ2n) is 3.45. The fourth-order valence-electron chi connectivity index (χ4n) is 1.38. The summed E-state index contributed by atoms with van der Waals surface area (Å²) in [6, 6.07) is 5.81. The number of nitrogens with zero attached hydrogens (tertiary/aromatic N) is 1. The van der Waals surface area contributed by atoms with Crippen LogP contribution in [-0.4, -0.2) is 18.1 Å². The van der Waals surface area contributed by atoms with Gasteiger partial charge in [0.15, 0.2) is 5.69 Å². The molecule has 0 aliphatic carbocycles. The molecule has 0 radical (unpaired) electrons. The van der Waals surface area contributed by atoms with Crippen molar-refractivity contribution >= 4 is 17.3 Å². The van der Waals surface area contributed by atoms with E-state index in [0.717, 1.165) is 0 Å². The van der Waals surface area contributed by atoms with Gasteiger partial charge in [0.05, 0.1) is 7.11 Å². The molecular formula is C12H9F2NO2S. The van der Waals surface area contributed by atoms with Gasteiger partial charge in [-0.3, -0.25) is 0 Å². The number of carbonyl (C=O) groups is 1. The van der Waals surface area contributed by atoms with Crippen molar-refractivity contribution in [3.8, 4) is 10.6 Å². The Balaban J connectivity index is 2.26. The van der Waals surface area contributed by atoms with Crippen molar-refractivity contribution in [2.24, 2.45) is 0 Å². The maximum absolute atomic E-state index is 12.4. The van der Waals surface area contributed by atoms with Crippen molar-refractivity contribution in [1.82, 2.24) is 4.98 Å². The van der Waals surface area contributed by atoms with Crippen molar-refractivity contribution in [2.75, 3.05) is 7.11 Å². The van der Waals surface area contributed by atoms with Crippen LogP contribution in [0.1, 0.15) is 22.5 Å². The fourth-order valence-corrected chi connectivity index (χ4v) is 2.17. The van der Waals surface area contributed by atoms with Gasteiger partial charge in [0.25, 0.3) is 6.43 Å². The van der Waals surface area contributed by atoms with Crippen LogP contribution in [0.3, 0.4) is 0 Å². The van der Waals surface area contributed by atoms with E-state index in [1.807, 2.05) is 0 Å². The molecule has 94 valence electrons. The highest BCUT2D eigenvalue weighted by Gasteiger charge is 2.12. The summed E-state index contributed by atoms with van der Waals surface area (Å²) in [6.45, 7) is 0.